The van der Waals surface area contributed by atoms with Gasteiger partial charge in [0.2, 0.25) is 0 Å². The minimum atomic E-state index is -0.195. The van der Waals surface area contributed by atoms with Crippen molar-refractivity contribution in [2.75, 3.05) is 43.1 Å². The third-order valence-electron chi connectivity index (χ3n) is 4.90. The van der Waals surface area contributed by atoms with Gasteiger partial charge in [-0.25, -0.2) is 9.37 Å². The minimum absolute atomic E-state index is 0.195. The first kappa shape index (κ1) is 16.6. The van der Waals surface area contributed by atoms with E-state index in [9.17, 15) is 4.39 Å². The maximum absolute atomic E-state index is 13.2. The summed E-state index contributed by atoms with van der Waals surface area (Å²) < 4.78 is 18.6. The van der Waals surface area contributed by atoms with E-state index in [0.717, 1.165) is 60.8 Å². The Morgan fingerprint density at radius 3 is 2.46 bits per heavy atom. The van der Waals surface area contributed by atoms with Gasteiger partial charge < -0.3 is 14.5 Å². The van der Waals surface area contributed by atoms with Gasteiger partial charge in [0, 0.05) is 37.3 Å². The second-order valence-electron chi connectivity index (χ2n) is 6.51. The fourth-order valence-corrected chi connectivity index (χ4v) is 3.51. The van der Waals surface area contributed by atoms with Crippen molar-refractivity contribution >= 4 is 22.4 Å². The van der Waals surface area contributed by atoms with Crippen LogP contribution in [-0.2, 0) is 0 Å². The van der Waals surface area contributed by atoms with Gasteiger partial charge in [-0.15, -0.1) is 0 Å². The van der Waals surface area contributed by atoms with Crippen LogP contribution in [0.5, 0.6) is 5.75 Å². The number of rotatable bonds is 3. The van der Waals surface area contributed by atoms with E-state index in [4.69, 9.17) is 9.72 Å². The molecule has 0 unspecified atom stereocenters. The average Bonchev–Trinajstić information content (AvgIpc) is 2.94. The Morgan fingerprint density at radius 2 is 1.65 bits per heavy atom. The first-order valence-corrected chi connectivity index (χ1v) is 8.94. The Bertz CT molecular complexity index is 897. The van der Waals surface area contributed by atoms with E-state index in [2.05, 4.69) is 21.9 Å². The number of benzene rings is 2. The van der Waals surface area contributed by atoms with E-state index in [1.165, 1.54) is 12.1 Å². The fraction of sp³-hybridized carbons (Fsp3) is 0.286. The summed E-state index contributed by atoms with van der Waals surface area (Å²) in [5, 5.41) is 1.08. The van der Waals surface area contributed by atoms with Gasteiger partial charge in [-0.05, 0) is 48.9 Å². The van der Waals surface area contributed by atoms with E-state index in [1.807, 2.05) is 30.3 Å². The minimum Gasteiger partial charge on any atom is -0.494 e. The van der Waals surface area contributed by atoms with Gasteiger partial charge in [0.15, 0.2) is 0 Å². The van der Waals surface area contributed by atoms with Crippen molar-refractivity contribution in [3.8, 4) is 5.75 Å². The molecular formula is C21H22FN3O. The Balaban J connectivity index is 1.55. The van der Waals surface area contributed by atoms with Crippen molar-refractivity contribution < 1.29 is 9.13 Å². The van der Waals surface area contributed by atoms with Crippen LogP contribution in [0.3, 0.4) is 0 Å². The molecule has 1 aliphatic rings. The SMILES string of the molecule is COc1cccc2ccc(N3CCCN(c4ccc(F)cc4)CC3)nc12. The average molecular weight is 351 g/mol. The number of halogens is 1. The summed E-state index contributed by atoms with van der Waals surface area (Å²) in [6.07, 6.45) is 1.03. The maximum atomic E-state index is 13.2. The second kappa shape index (κ2) is 7.20. The molecule has 4 rings (SSSR count). The quantitative estimate of drug-likeness (QED) is 0.710. The number of nitrogens with zero attached hydrogens (tertiary/aromatic N) is 3. The first-order valence-electron chi connectivity index (χ1n) is 8.94. The molecule has 1 saturated heterocycles. The molecule has 5 heteroatoms. The normalized spacial score (nSPS) is 15.2. The summed E-state index contributed by atoms with van der Waals surface area (Å²) in [6, 6.07) is 16.9. The molecule has 0 spiro atoms. The highest BCUT2D eigenvalue weighted by Gasteiger charge is 2.17. The summed E-state index contributed by atoms with van der Waals surface area (Å²) in [5.41, 5.74) is 1.97. The van der Waals surface area contributed by atoms with Crippen molar-refractivity contribution in [1.82, 2.24) is 4.98 Å². The van der Waals surface area contributed by atoms with Gasteiger partial charge in [0.05, 0.1) is 7.11 Å². The molecule has 1 aliphatic heterocycles. The summed E-state index contributed by atoms with van der Waals surface area (Å²) in [6.45, 7) is 3.67. The van der Waals surface area contributed by atoms with E-state index in [-0.39, 0.29) is 5.82 Å². The van der Waals surface area contributed by atoms with E-state index >= 15 is 0 Å². The molecule has 4 nitrogen and oxygen atoms in total. The molecule has 0 bridgehead atoms. The van der Waals surface area contributed by atoms with Crippen LogP contribution in [0.25, 0.3) is 10.9 Å². The zero-order valence-corrected chi connectivity index (χ0v) is 14.9. The van der Waals surface area contributed by atoms with Crippen LogP contribution in [-0.4, -0.2) is 38.3 Å². The summed E-state index contributed by atoms with van der Waals surface area (Å²) in [5.74, 6) is 1.58. The van der Waals surface area contributed by atoms with Crippen molar-refractivity contribution in [1.29, 1.82) is 0 Å². The topological polar surface area (TPSA) is 28.6 Å². The molecule has 26 heavy (non-hydrogen) atoms. The molecule has 0 saturated carbocycles. The predicted molar refractivity (Wildman–Crippen MR) is 104 cm³/mol. The number of anilines is 2. The maximum Gasteiger partial charge on any atom is 0.145 e. The predicted octanol–water partition coefficient (Wildman–Crippen LogP) is 4.10. The lowest BCUT2D eigenvalue weighted by molar-refractivity contribution is 0.419. The smallest absolute Gasteiger partial charge is 0.145 e. The molecular weight excluding hydrogens is 329 g/mol. The van der Waals surface area contributed by atoms with Gasteiger partial charge in [-0.3, -0.25) is 0 Å². The number of para-hydroxylation sites is 1. The second-order valence-corrected chi connectivity index (χ2v) is 6.51. The molecule has 0 aliphatic carbocycles. The van der Waals surface area contributed by atoms with Crippen LogP contribution in [0, 0.1) is 5.82 Å². The Hall–Kier alpha value is -2.82. The molecule has 2 aromatic carbocycles. The lowest BCUT2D eigenvalue weighted by atomic mass is 10.2. The van der Waals surface area contributed by atoms with E-state index in [1.54, 1.807) is 7.11 Å². The number of ether oxygens (including phenoxy) is 1. The third-order valence-corrected chi connectivity index (χ3v) is 4.90. The molecule has 0 atom stereocenters. The van der Waals surface area contributed by atoms with Crippen LogP contribution < -0.4 is 14.5 Å². The van der Waals surface area contributed by atoms with Crippen molar-refractivity contribution in [2.45, 2.75) is 6.42 Å². The highest BCUT2D eigenvalue weighted by Crippen LogP contribution is 2.27. The Kier molecular flexibility index (Phi) is 4.61. The highest BCUT2D eigenvalue weighted by molar-refractivity contribution is 5.86. The van der Waals surface area contributed by atoms with Crippen LogP contribution in [0.2, 0.25) is 0 Å². The van der Waals surface area contributed by atoms with Gasteiger partial charge in [0.25, 0.3) is 0 Å². The van der Waals surface area contributed by atoms with E-state index < -0.39 is 0 Å². The van der Waals surface area contributed by atoms with Crippen molar-refractivity contribution in [3.63, 3.8) is 0 Å². The lowest BCUT2D eigenvalue weighted by Crippen LogP contribution is -2.31. The van der Waals surface area contributed by atoms with Crippen molar-refractivity contribution in [3.05, 3.63) is 60.4 Å². The zero-order valence-electron chi connectivity index (χ0n) is 14.9. The zero-order chi connectivity index (χ0) is 17.9. The Morgan fingerprint density at radius 1 is 0.885 bits per heavy atom. The van der Waals surface area contributed by atoms with Gasteiger partial charge in [-0.1, -0.05) is 12.1 Å². The van der Waals surface area contributed by atoms with E-state index in [0.29, 0.717) is 0 Å². The van der Waals surface area contributed by atoms with Crippen molar-refractivity contribution in [2.24, 2.45) is 0 Å². The first-order chi connectivity index (χ1) is 12.7. The third kappa shape index (κ3) is 3.29. The Labute approximate surface area is 152 Å². The number of fused-ring (bicyclic) bond motifs is 1. The molecule has 0 radical (unpaired) electrons. The fourth-order valence-electron chi connectivity index (χ4n) is 3.51. The number of hydrogen-bond donors (Lipinski definition) is 0. The molecule has 0 N–H and O–H groups in total. The number of methoxy groups -OCH3 is 1. The number of hydrogen-bond acceptors (Lipinski definition) is 4. The standard InChI is InChI=1S/C21H22FN3O/c1-26-19-5-2-4-16-6-11-20(23-21(16)19)25-13-3-12-24(14-15-25)18-9-7-17(22)8-10-18/h2,4-11H,3,12-15H2,1H3. The molecule has 1 fully saturated rings. The molecule has 0 amide bonds. The molecule has 3 aromatic rings. The van der Waals surface area contributed by atoms with Crippen LogP contribution >= 0.6 is 0 Å². The van der Waals surface area contributed by atoms with Gasteiger partial charge >= 0.3 is 0 Å². The monoisotopic (exact) mass is 351 g/mol. The summed E-state index contributed by atoms with van der Waals surface area (Å²) in [4.78, 5) is 9.48. The van der Waals surface area contributed by atoms with Crippen LogP contribution in [0.15, 0.2) is 54.6 Å². The van der Waals surface area contributed by atoms with Crippen LogP contribution in [0.4, 0.5) is 15.9 Å². The molecule has 1 aromatic heterocycles. The highest BCUT2D eigenvalue weighted by atomic mass is 19.1. The number of pyridine rings is 1. The molecule has 2 heterocycles. The largest absolute Gasteiger partial charge is 0.494 e. The van der Waals surface area contributed by atoms with Gasteiger partial charge in [0.1, 0.15) is 22.9 Å². The summed E-state index contributed by atoms with van der Waals surface area (Å²) in [7, 11) is 1.68. The number of aromatic nitrogens is 1. The summed E-state index contributed by atoms with van der Waals surface area (Å²) >= 11 is 0. The lowest BCUT2D eigenvalue weighted by Gasteiger charge is -2.24. The van der Waals surface area contributed by atoms with Crippen LogP contribution in [0.1, 0.15) is 6.42 Å². The molecule has 134 valence electrons. The van der Waals surface area contributed by atoms with Gasteiger partial charge in [-0.2, -0.15) is 0 Å².